The van der Waals surface area contributed by atoms with E-state index in [4.69, 9.17) is 0 Å². The topological polar surface area (TPSA) is 40.5 Å². The van der Waals surface area contributed by atoms with E-state index in [-0.39, 0.29) is 5.76 Å². The summed E-state index contributed by atoms with van der Waals surface area (Å²) >= 11 is 1.46. The van der Waals surface area contributed by atoms with Crippen LogP contribution in [0.5, 0.6) is 0 Å². The average Bonchev–Trinajstić information content (AvgIpc) is 2.83. The van der Waals surface area contributed by atoms with E-state index in [0.717, 1.165) is 4.88 Å². The third-order valence-electron chi connectivity index (χ3n) is 2.22. The van der Waals surface area contributed by atoms with Crippen LogP contribution < -0.4 is 0 Å². The second-order valence-corrected chi connectivity index (χ2v) is 4.36. The molecule has 3 heteroatoms. The van der Waals surface area contributed by atoms with Gasteiger partial charge in [-0.1, -0.05) is 36.4 Å². The van der Waals surface area contributed by atoms with Gasteiger partial charge in [-0.05, 0) is 17.5 Å². The van der Waals surface area contributed by atoms with Crippen LogP contribution in [0.15, 0.2) is 53.9 Å². The Morgan fingerprint density at radius 1 is 1.12 bits per heavy atom. The molecule has 1 aromatic carbocycles. The van der Waals surface area contributed by atoms with Crippen LogP contribution in [0.1, 0.15) is 16.5 Å². The summed E-state index contributed by atoms with van der Waals surface area (Å²) in [5.74, 6) is 0.0986. The van der Waals surface area contributed by atoms with Crippen LogP contribution in [-0.4, -0.2) is 10.2 Å². The Hall–Kier alpha value is -1.58. The number of aliphatic hydroxyl groups is 2. The fourth-order valence-corrected chi connectivity index (χ4v) is 2.08. The summed E-state index contributed by atoms with van der Waals surface area (Å²) in [4.78, 5) is 0.822. The van der Waals surface area contributed by atoms with Gasteiger partial charge in [-0.2, -0.15) is 0 Å². The predicted octanol–water partition coefficient (Wildman–Crippen LogP) is 3.38. The van der Waals surface area contributed by atoms with Crippen molar-refractivity contribution in [2.24, 2.45) is 0 Å². The number of aliphatic hydroxyl groups excluding tert-OH is 2. The van der Waals surface area contributed by atoms with Crippen LogP contribution in [-0.2, 0) is 0 Å². The lowest BCUT2D eigenvalue weighted by Crippen LogP contribution is -1.92. The Kier molecular flexibility index (Phi) is 3.39. The largest absolute Gasteiger partial charge is 0.508 e. The normalized spacial score (nSPS) is 13.7. The second kappa shape index (κ2) is 4.96. The quantitative estimate of drug-likeness (QED) is 0.796. The van der Waals surface area contributed by atoms with Gasteiger partial charge in [-0.3, -0.25) is 0 Å². The predicted molar refractivity (Wildman–Crippen MR) is 66.3 cm³/mol. The fraction of sp³-hybridized carbons (Fsp3) is 0.0769. The number of thiophene rings is 1. The first kappa shape index (κ1) is 10.9. The van der Waals surface area contributed by atoms with Gasteiger partial charge in [0.25, 0.3) is 0 Å². The zero-order valence-electron chi connectivity index (χ0n) is 8.58. The van der Waals surface area contributed by atoms with E-state index >= 15 is 0 Å². The molecule has 1 aromatic heterocycles. The zero-order valence-corrected chi connectivity index (χ0v) is 9.39. The third kappa shape index (κ3) is 2.51. The summed E-state index contributed by atoms with van der Waals surface area (Å²) in [6.45, 7) is 0. The van der Waals surface area contributed by atoms with E-state index in [0.29, 0.717) is 5.56 Å². The molecular weight excluding hydrogens is 220 g/mol. The fourth-order valence-electron chi connectivity index (χ4n) is 1.40. The van der Waals surface area contributed by atoms with E-state index in [1.807, 2.05) is 35.7 Å². The van der Waals surface area contributed by atoms with Crippen LogP contribution in [0.3, 0.4) is 0 Å². The summed E-state index contributed by atoms with van der Waals surface area (Å²) in [5, 5.41) is 21.5. The van der Waals surface area contributed by atoms with Gasteiger partial charge in [-0.15, -0.1) is 11.3 Å². The Morgan fingerprint density at radius 3 is 2.50 bits per heavy atom. The van der Waals surface area contributed by atoms with Crippen molar-refractivity contribution in [2.45, 2.75) is 6.10 Å². The molecule has 0 fully saturated rings. The Labute approximate surface area is 98.1 Å². The molecule has 0 saturated carbocycles. The number of hydrogen-bond acceptors (Lipinski definition) is 3. The molecule has 0 saturated heterocycles. The van der Waals surface area contributed by atoms with Gasteiger partial charge in [-0.25, -0.2) is 0 Å². The zero-order chi connectivity index (χ0) is 11.4. The van der Waals surface area contributed by atoms with Crippen molar-refractivity contribution in [3.63, 3.8) is 0 Å². The molecule has 0 aliphatic rings. The van der Waals surface area contributed by atoms with E-state index in [2.05, 4.69) is 0 Å². The molecule has 0 spiro atoms. The number of benzene rings is 1. The molecule has 2 rings (SSSR count). The number of hydrogen-bond donors (Lipinski definition) is 2. The number of rotatable bonds is 3. The maximum Gasteiger partial charge on any atom is 0.121 e. The van der Waals surface area contributed by atoms with Crippen molar-refractivity contribution in [3.8, 4) is 0 Å². The molecule has 82 valence electrons. The van der Waals surface area contributed by atoms with Gasteiger partial charge >= 0.3 is 0 Å². The van der Waals surface area contributed by atoms with Crippen LogP contribution in [0.2, 0.25) is 0 Å². The average molecular weight is 232 g/mol. The smallest absolute Gasteiger partial charge is 0.121 e. The van der Waals surface area contributed by atoms with Crippen molar-refractivity contribution >= 4 is 17.1 Å². The van der Waals surface area contributed by atoms with Crippen molar-refractivity contribution < 1.29 is 10.2 Å². The third-order valence-corrected chi connectivity index (χ3v) is 3.16. The molecule has 2 nitrogen and oxygen atoms in total. The summed E-state index contributed by atoms with van der Waals surface area (Å²) in [6.07, 6.45) is 0.696. The first-order valence-corrected chi connectivity index (χ1v) is 5.83. The lowest BCUT2D eigenvalue weighted by molar-refractivity contribution is 0.230. The van der Waals surface area contributed by atoms with Crippen molar-refractivity contribution in [3.05, 3.63) is 64.4 Å². The first-order chi connectivity index (χ1) is 7.77. The van der Waals surface area contributed by atoms with Crippen molar-refractivity contribution in [1.29, 1.82) is 0 Å². The molecule has 1 heterocycles. The van der Waals surface area contributed by atoms with Gasteiger partial charge in [0.1, 0.15) is 11.9 Å². The molecular formula is C13H12O2S. The highest BCUT2D eigenvalue weighted by Crippen LogP contribution is 2.23. The maximum absolute atomic E-state index is 9.82. The van der Waals surface area contributed by atoms with Crippen molar-refractivity contribution in [1.82, 2.24) is 0 Å². The molecule has 0 radical (unpaired) electrons. The molecule has 0 amide bonds. The molecule has 0 bridgehead atoms. The molecule has 16 heavy (non-hydrogen) atoms. The van der Waals surface area contributed by atoms with Crippen LogP contribution in [0, 0.1) is 0 Å². The van der Waals surface area contributed by atoms with Gasteiger partial charge in [0.2, 0.25) is 0 Å². The highest BCUT2D eigenvalue weighted by molar-refractivity contribution is 7.10. The summed E-state index contributed by atoms with van der Waals surface area (Å²) in [7, 11) is 0. The van der Waals surface area contributed by atoms with Gasteiger partial charge < -0.3 is 10.2 Å². The van der Waals surface area contributed by atoms with Gasteiger partial charge in [0.15, 0.2) is 0 Å². The van der Waals surface area contributed by atoms with Gasteiger partial charge in [0, 0.05) is 10.4 Å². The lowest BCUT2D eigenvalue weighted by Gasteiger charge is -2.04. The summed E-state index contributed by atoms with van der Waals surface area (Å²) < 4.78 is 0. The first-order valence-electron chi connectivity index (χ1n) is 4.95. The minimum Gasteiger partial charge on any atom is -0.508 e. The molecule has 2 aromatic rings. The van der Waals surface area contributed by atoms with E-state index in [1.165, 1.54) is 17.4 Å². The molecule has 0 aliphatic heterocycles. The Bertz CT molecular complexity index is 460. The lowest BCUT2D eigenvalue weighted by atomic mass is 10.1. The standard InChI is InChI=1S/C13H12O2S/c14-11(10-5-2-1-3-6-10)9-12(15)13-7-4-8-16-13/h1-9,12,14-15H/b11-9-. The van der Waals surface area contributed by atoms with Gasteiger partial charge in [0.05, 0.1) is 0 Å². The SMILES string of the molecule is O/C(=C\C(O)c1cccs1)c1ccccc1. The van der Waals surface area contributed by atoms with E-state index in [9.17, 15) is 10.2 Å². The summed E-state index contributed by atoms with van der Waals surface area (Å²) in [5.41, 5.74) is 0.707. The molecule has 0 aliphatic carbocycles. The van der Waals surface area contributed by atoms with E-state index in [1.54, 1.807) is 12.1 Å². The second-order valence-electron chi connectivity index (χ2n) is 3.38. The van der Waals surface area contributed by atoms with Crippen LogP contribution >= 0.6 is 11.3 Å². The molecule has 2 N–H and O–H groups in total. The maximum atomic E-state index is 9.82. The Balaban J connectivity index is 2.19. The van der Waals surface area contributed by atoms with Crippen molar-refractivity contribution in [2.75, 3.05) is 0 Å². The van der Waals surface area contributed by atoms with Crippen LogP contribution in [0.4, 0.5) is 0 Å². The minimum absolute atomic E-state index is 0.0986. The Morgan fingerprint density at radius 2 is 1.88 bits per heavy atom. The molecule has 1 atom stereocenters. The highest BCUT2D eigenvalue weighted by Gasteiger charge is 2.07. The highest BCUT2D eigenvalue weighted by atomic mass is 32.1. The monoisotopic (exact) mass is 232 g/mol. The molecule has 1 unspecified atom stereocenters. The van der Waals surface area contributed by atoms with Crippen LogP contribution in [0.25, 0.3) is 5.76 Å². The summed E-state index contributed by atoms with van der Waals surface area (Å²) in [6, 6.07) is 12.9. The minimum atomic E-state index is -0.750. The van der Waals surface area contributed by atoms with E-state index < -0.39 is 6.10 Å².